The van der Waals surface area contributed by atoms with E-state index >= 15 is 0 Å². The Morgan fingerprint density at radius 3 is 3.29 bits per heavy atom. The zero-order valence-corrected chi connectivity index (χ0v) is 8.45. The molecule has 14 heavy (non-hydrogen) atoms. The number of hydrogen-bond donors (Lipinski definition) is 1. The Hall–Kier alpha value is -1.09. The number of piperidine rings is 1. The Bertz CT molecular complexity index is 297. The van der Waals surface area contributed by atoms with E-state index in [4.69, 9.17) is 0 Å². The second kappa shape index (κ2) is 4.42. The first-order valence-corrected chi connectivity index (χ1v) is 5.25. The number of nitrogens with zero attached hydrogens (tertiary/aromatic N) is 2. The highest BCUT2D eigenvalue weighted by Crippen LogP contribution is 2.15. The molecule has 0 spiro atoms. The fourth-order valence-corrected chi connectivity index (χ4v) is 2.01. The lowest BCUT2D eigenvalue weighted by molar-refractivity contribution is 0.376. The summed E-state index contributed by atoms with van der Waals surface area (Å²) < 4.78 is 1.77. The Morgan fingerprint density at radius 1 is 1.71 bits per heavy atom. The van der Waals surface area contributed by atoms with Crippen molar-refractivity contribution in [2.75, 3.05) is 13.1 Å². The van der Waals surface area contributed by atoms with Crippen LogP contribution in [0.3, 0.4) is 0 Å². The van der Waals surface area contributed by atoms with Gasteiger partial charge >= 0.3 is 0 Å². The second-order valence-corrected chi connectivity index (χ2v) is 3.93. The molecule has 1 saturated heterocycles. The third kappa shape index (κ3) is 2.23. The Labute approximate surface area is 84.8 Å². The molecule has 0 saturated carbocycles. The van der Waals surface area contributed by atoms with Gasteiger partial charge in [0.1, 0.15) is 0 Å². The van der Waals surface area contributed by atoms with Crippen LogP contribution < -0.4 is 5.32 Å². The first-order chi connectivity index (χ1) is 6.88. The average Bonchev–Trinajstić information content (AvgIpc) is 2.67. The molecule has 76 valence electrons. The molecular formula is C11H17N3. The van der Waals surface area contributed by atoms with Gasteiger partial charge in [0.05, 0.1) is 6.20 Å². The summed E-state index contributed by atoms with van der Waals surface area (Å²) in [6.07, 6.45) is 9.51. The molecule has 1 N–H and O–H groups in total. The van der Waals surface area contributed by atoms with E-state index in [1.165, 1.54) is 24.9 Å². The molecule has 1 aliphatic heterocycles. The maximum Gasteiger partial charge on any atom is 0.0526 e. The summed E-state index contributed by atoms with van der Waals surface area (Å²) in [6, 6.07) is 0. The highest BCUT2D eigenvalue weighted by molar-refractivity contribution is 5.18. The van der Waals surface area contributed by atoms with Gasteiger partial charge in [-0.25, -0.2) is 4.68 Å². The predicted octanol–water partition coefficient (Wildman–Crippen LogP) is 1.53. The van der Waals surface area contributed by atoms with Crippen LogP contribution in [0.5, 0.6) is 0 Å². The Kier molecular flexibility index (Phi) is 2.99. The minimum Gasteiger partial charge on any atom is -0.316 e. The van der Waals surface area contributed by atoms with Crippen LogP contribution in [-0.2, 0) is 6.42 Å². The van der Waals surface area contributed by atoms with E-state index < -0.39 is 0 Å². The van der Waals surface area contributed by atoms with Crippen molar-refractivity contribution in [3.05, 3.63) is 24.5 Å². The number of hydrogen-bond acceptors (Lipinski definition) is 2. The van der Waals surface area contributed by atoms with Crippen molar-refractivity contribution in [3.63, 3.8) is 0 Å². The van der Waals surface area contributed by atoms with Crippen molar-refractivity contribution in [3.8, 4) is 0 Å². The first kappa shape index (κ1) is 9.46. The Balaban J connectivity index is 1.92. The van der Waals surface area contributed by atoms with Gasteiger partial charge < -0.3 is 5.32 Å². The van der Waals surface area contributed by atoms with Crippen LogP contribution in [0.15, 0.2) is 19.0 Å². The van der Waals surface area contributed by atoms with Crippen LogP contribution in [0, 0.1) is 5.92 Å². The van der Waals surface area contributed by atoms with Crippen molar-refractivity contribution >= 4 is 6.20 Å². The van der Waals surface area contributed by atoms with E-state index in [1.807, 2.05) is 6.20 Å². The molecule has 1 aliphatic rings. The smallest absolute Gasteiger partial charge is 0.0526 e. The topological polar surface area (TPSA) is 29.9 Å². The molecule has 1 unspecified atom stereocenters. The molecule has 0 aromatic carbocycles. The SMILES string of the molecule is C=Cn1cc(CC2CCCNC2)cn1. The molecule has 0 bridgehead atoms. The van der Waals surface area contributed by atoms with E-state index in [1.54, 1.807) is 10.9 Å². The largest absolute Gasteiger partial charge is 0.316 e. The van der Waals surface area contributed by atoms with Gasteiger partial charge in [0.15, 0.2) is 0 Å². The van der Waals surface area contributed by atoms with Crippen molar-refractivity contribution in [2.45, 2.75) is 19.3 Å². The minimum absolute atomic E-state index is 0.784. The maximum absolute atomic E-state index is 4.18. The molecule has 2 heterocycles. The molecule has 0 aliphatic carbocycles. The van der Waals surface area contributed by atoms with Crippen molar-refractivity contribution in [1.82, 2.24) is 15.1 Å². The molecule has 0 radical (unpaired) electrons. The summed E-state index contributed by atoms with van der Waals surface area (Å²) in [6.45, 7) is 6.01. The van der Waals surface area contributed by atoms with Crippen molar-refractivity contribution in [2.24, 2.45) is 5.92 Å². The van der Waals surface area contributed by atoms with Crippen LogP contribution in [-0.4, -0.2) is 22.9 Å². The number of aromatic nitrogens is 2. The van der Waals surface area contributed by atoms with Crippen molar-refractivity contribution in [1.29, 1.82) is 0 Å². The number of nitrogens with one attached hydrogen (secondary N) is 1. The highest BCUT2D eigenvalue weighted by Gasteiger charge is 2.13. The molecule has 1 atom stereocenters. The average molecular weight is 191 g/mol. The van der Waals surface area contributed by atoms with E-state index in [-0.39, 0.29) is 0 Å². The van der Waals surface area contributed by atoms with Crippen molar-refractivity contribution < 1.29 is 0 Å². The molecule has 3 heteroatoms. The zero-order valence-electron chi connectivity index (χ0n) is 8.45. The van der Waals surface area contributed by atoms with Gasteiger partial charge in [0.25, 0.3) is 0 Å². The molecule has 2 rings (SSSR count). The van der Waals surface area contributed by atoms with Crippen LogP contribution in [0.2, 0.25) is 0 Å². The molecular weight excluding hydrogens is 174 g/mol. The van der Waals surface area contributed by atoms with Crippen LogP contribution in [0.4, 0.5) is 0 Å². The highest BCUT2D eigenvalue weighted by atomic mass is 15.2. The van der Waals surface area contributed by atoms with Gasteiger partial charge in [-0.15, -0.1) is 0 Å². The van der Waals surface area contributed by atoms with Crippen LogP contribution in [0.1, 0.15) is 18.4 Å². The van der Waals surface area contributed by atoms with Gasteiger partial charge in [-0.3, -0.25) is 0 Å². The summed E-state index contributed by atoms with van der Waals surface area (Å²) in [4.78, 5) is 0. The fraction of sp³-hybridized carbons (Fsp3) is 0.545. The van der Waals surface area contributed by atoms with E-state index in [9.17, 15) is 0 Å². The standard InChI is InChI=1S/C11H17N3/c1-2-14-9-11(8-13-14)6-10-4-3-5-12-7-10/h2,8-10,12H,1,3-7H2. The number of rotatable bonds is 3. The maximum atomic E-state index is 4.18. The zero-order chi connectivity index (χ0) is 9.80. The van der Waals surface area contributed by atoms with Crippen LogP contribution in [0.25, 0.3) is 6.20 Å². The van der Waals surface area contributed by atoms with Gasteiger partial charge in [-0.05, 0) is 43.8 Å². The molecule has 0 amide bonds. The van der Waals surface area contributed by atoms with E-state index in [0.717, 1.165) is 18.9 Å². The molecule has 1 aromatic heterocycles. The molecule has 1 fully saturated rings. The first-order valence-electron chi connectivity index (χ1n) is 5.25. The van der Waals surface area contributed by atoms with Gasteiger partial charge in [0, 0.05) is 12.4 Å². The summed E-state index contributed by atoms with van der Waals surface area (Å²) in [5, 5.41) is 7.61. The minimum atomic E-state index is 0.784. The quantitative estimate of drug-likeness (QED) is 0.785. The second-order valence-electron chi connectivity index (χ2n) is 3.93. The monoisotopic (exact) mass is 191 g/mol. The summed E-state index contributed by atoms with van der Waals surface area (Å²) in [5.74, 6) is 0.784. The van der Waals surface area contributed by atoms with Crippen LogP contribution >= 0.6 is 0 Å². The lowest BCUT2D eigenvalue weighted by Crippen LogP contribution is -2.30. The summed E-state index contributed by atoms with van der Waals surface area (Å²) in [7, 11) is 0. The van der Waals surface area contributed by atoms with E-state index in [0.29, 0.717) is 0 Å². The van der Waals surface area contributed by atoms with Gasteiger partial charge in [-0.2, -0.15) is 5.10 Å². The molecule has 1 aromatic rings. The third-order valence-electron chi connectivity index (χ3n) is 2.77. The van der Waals surface area contributed by atoms with E-state index in [2.05, 4.69) is 23.2 Å². The fourth-order valence-electron chi connectivity index (χ4n) is 2.01. The summed E-state index contributed by atoms with van der Waals surface area (Å²) in [5.41, 5.74) is 1.32. The third-order valence-corrected chi connectivity index (χ3v) is 2.77. The lowest BCUT2D eigenvalue weighted by Gasteiger charge is -2.21. The summed E-state index contributed by atoms with van der Waals surface area (Å²) >= 11 is 0. The van der Waals surface area contributed by atoms with Gasteiger partial charge in [-0.1, -0.05) is 6.58 Å². The van der Waals surface area contributed by atoms with Gasteiger partial charge in [0.2, 0.25) is 0 Å². The lowest BCUT2D eigenvalue weighted by atomic mass is 9.94. The normalized spacial score (nSPS) is 22.1. The molecule has 3 nitrogen and oxygen atoms in total. The Morgan fingerprint density at radius 2 is 2.64 bits per heavy atom. The predicted molar refractivity (Wildman–Crippen MR) is 57.9 cm³/mol.